The standard InChI is InChI=1S/C42H42N4O/c1-6-7-9-13-31-22-23-43-41(24-31)45-39-21-18-33(28(2)3)25-38(39)37-20-19-36(27-40(37)45)47-35-17-12-16-34(26-35)46-30(5)42(29(4)44-46)32-14-10-8-11-15-32/h8,10-12,14-28H,6-7,9,13H2,1-5H3. The van der Waals surface area contributed by atoms with Crippen molar-refractivity contribution in [1.29, 1.82) is 0 Å². The number of nitrogens with zero attached hydrogens (tertiary/aromatic N) is 4. The Morgan fingerprint density at radius 2 is 1.57 bits per heavy atom. The molecular formula is C42H42N4O. The van der Waals surface area contributed by atoms with E-state index in [-0.39, 0.29) is 0 Å². The molecule has 7 rings (SSSR count). The average Bonchev–Trinajstić information content (AvgIpc) is 3.57. The Morgan fingerprint density at radius 1 is 0.745 bits per heavy atom. The zero-order valence-electron chi connectivity index (χ0n) is 28.0. The first kappa shape index (κ1) is 30.5. The molecule has 0 radical (unpaired) electrons. The van der Waals surface area contributed by atoms with Crippen molar-refractivity contribution in [3.8, 4) is 34.1 Å². The van der Waals surface area contributed by atoms with Gasteiger partial charge in [-0.25, -0.2) is 9.67 Å². The molecule has 0 N–H and O–H groups in total. The number of aryl methyl sites for hydroxylation is 2. The summed E-state index contributed by atoms with van der Waals surface area (Å²) in [5.41, 5.74) is 10.3. The van der Waals surface area contributed by atoms with Gasteiger partial charge in [-0.15, -0.1) is 0 Å². The molecule has 0 fully saturated rings. The number of unbranched alkanes of at least 4 members (excludes halogenated alkanes) is 2. The number of rotatable bonds is 10. The fourth-order valence-electron chi connectivity index (χ4n) is 6.74. The summed E-state index contributed by atoms with van der Waals surface area (Å²) in [6.07, 6.45) is 6.65. The zero-order chi connectivity index (χ0) is 32.5. The summed E-state index contributed by atoms with van der Waals surface area (Å²) >= 11 is 0. The van der Waals surface area contributed by atoms with Crippen molar-refractivity contribution < 1.29 is 4.74 Å². The van der Waals surface area contributed by atoms with Gasteiger partial charge in [0, 0.05) is 40.4 Å². The number of benzene rings is 4. The zero-order valence-corrected chi connectivity index (χ0v) is 28.0. The minimum Gasteiger partial charge on any atom is -0.457 e. The third kappa shape index (κ3) is 5.94. The molecule has 3 heterocycles. The van der Waals surface area contributed by atoms with Gasteiger partial charge >= 0.3 is 0 Å². The summed E-state index contributed by atoms with van der Waals surface area (Å²) in [7, 11) is 0. The van der Waals surface area contributed by atoms with E-state index in [1.54, 1.807) is 0 Å². The molecule has 3 aromatic heterocycles. The maximum atomic E-state index is 6.57. The third-order valence-electron chi connectivity index (χ3n) is 9.19. The van der Waals surface area contributed by atoms with Crippen LogP contribution in [0.4, 0.5) is 0 Å². The van der Waals surface area contributed by atoms with E-state index in [0.717, 1.165) is 51.8 Å². The minimum atomic E-state index is 0.443. The molecule has 0 spiro atoms. The van der Waals surface area contributed by atoms with Crippen molar-refractivity contribution in [1.82, 2.24) is 19.3 Å². The second-order valence-corrected chi connectivity index (χ2v) is 12.8. The number of fused-ring (bicyclic) bond motifs is 3. The molecule has 0 saturated carbocycles. The highest BCUT2D eigenvalue weighted by molar-refractivity contribution is 6.09. The molecular weight excluding hydrogens is 576 g/mol. The quantitative estimate of drug-likeness (QED) is 0.143. The molecule has 5 nitrogen and oxygen atoms in total. The third-order valence-corrected chi connectivity index (χ3v) is 9.19. The summed E-state index contributed by atoms with van der Waals surface area (Å²) in [6, 6.07) is 36.3. The van der Waals surface area contributed by atoms with E-state index in [2.05, 4.69) is 124 Å². The lowest BCUT2D eigenvalue weighted by molar-refractivity contribution is 0.482. The van der Waals surface area contributed by atoms with Gasteiger partial charge in [-0.1, -0.05) is 76.1 Å². The molecule has 0 bridgehead atoms. The Kier molecular flexibility index (Phi) is 8.38. The first-order valence-electron chi connectivity index (χ1n) is 16.8. The predicted octanol–water partition coefficient (Wildman–Crippen LogP) is 11.3. The molecule has 0 aliphatic heterocycles. The second-order valence-electron chi connectivity index (χ2n) is 12.8. The first-order valence-corrected chi connectivity index (χ1v) is 16.8. The van der Waals surface area contributed by atoms with Crippen LogP contribution in [0.15, 0.2) is 109 Å². The Bertz CT molecular complexity index is 2190. The monoisotopic (exact) mass is 618 g/mol. The van der Waals surface area contributed by atoms with Crippen LogP contribution in [0, 0.1) is 13.8 Å². The SMILES string of the molecule is CCCCCc1ccnc(-n2c3ccc(C(C)C)cc3c3ccc(Oc4cccc(-n5nc(C)c(-c6ccccc6)c5C)c4)cc32)c1. The summed E-state index contributed by atoms with van der Waals surface area (Å²) in [6.45, 7) is 10.9. The molecule has 4 aromatic carbocycles. The van der Waals surface area contributed by atoms with Gasteiger partial charge in [-0.3, -0.25) is 4.57 Å². The van der Waals surface area contributed by atoms with Gasteiger partial charge in [-0.2, -0.15) is 5.10 Å². The lowest BCUT2D eigenvalue weighted by Gasteiger charge is -2.12. The normalized spacial score (nSPS) is 11.6. The van der Waals surface area contributed by atoms with Gasteiger partial charge in [0.25, 0.3) is 0 Å². The van der Waals surface area contributed by atoms with Gasteiger partial charge < -0.3 is 4.74 Å². The van der Waals surface area contributed by atoms with Crippen LogP contribution in [-0.2, 0) is 6.42 Å². The van der Waals surface area contributed by atoms with Crippen molar-refractivity contribution in [2.75, 3.05) is 0 Å². The van der Waals surface area contributed by atoms with Gasteiger partial charge in [-0.05, 0) is 97.8 Å². The highest BCUT2D eigenvalue weighted by Crippen LogP contribution is 2.37. The number of pyridine rings is 1. The van der Waals surface area contributed by atoms with E-state index in [4.69, 9.17) is 14.8 Å². The number of hydrogen-bond acceptors (Lipinski definition) is 3. The van der Waals surface area contributed by atoms with Crippen LogP contribution >= 0.6 is 0 Å². The van der Waals surface area contributed by atoms with Gasteiger partial charge in [0.05, 0.1) is 22.4 Å². The number of aromatic nitrogens is 4. The van der Waals surface area contributed by atoms with E-state index in [0.29, 0.717) is 5.92 Å². The molecule has 47 heavy (non-hydrogen) atoms. The van der Waals surface area contributed by atoms with Crippen LogP contribution in [0.5, 0.6) is 11.5 Å². The summed E-state index contributed by atoms with van der Waals surface area (Å²) < 4.78 is 10.9. The molecule has 7 aromatic rings. The first-order chi connectivity index (χ1) is 22.9. The maximum absolute atomic E-state index is 6.57. The molecule has 0 atom stereocenters. The van der Waals surface area contributed by atoms with Crippen molar-refractivity contribution in [2.24, 2.45) is 0 Å². The number of hydrogen-bond donors (Lipinski definition) is 0. The van der Waals surface area contributed by atoms with Gasteiger partial charge in [0.1, 0.15) is 17.3 Å². The predicted molar refractivity (Wildman–Crippen MR) is 194 cm³/mol. The van der Waals surface area contributed by atoms with Crippen molar-refractivity contribution >= 4 is 21.8 Å². The summed E-state index contributed by atoms with van der Waals surface area (Å²) in [4.78, 5) is 4.88. The molecule has 0 aliphatic rings. The fraction of sp³-hybridized carbons (Fsp3) is 0.238. The fourth-order valence-corrected chi connectivity index (χ4v) is 6.74. The Morgan fingerprint density at radius 3 is 2.38 bits per heavy atom. The number of ether oxygens (including phenoxy) is 1. The van der Waals surface area contributed by atoms with E-state index < -0.39 is 0 Å². The van der Waals surface area contributed by atoms with Crippen LogP contribution in [0.2, 0.25) is 0 Å². The Balaban J connectivity index is 1.28. The van der Waals surface area contributed by atoms with Crippen LogP contribution in [0.1, 0.15) is 68.5 Å². The Hall–Kier alpha value is -5.16. The van der Waals surface area contributed by atoms with Crippen LogP contribution < -0.4 is 4.74 Å². The molecule has 0 unspecified atom stereocenters. The van der Waals surface area contributed by atoms with Crippen LogP contribution in [-0.4, -0.2) is 19.3 Å². The van der Waals surface area contributed by atoms with E-state index in [9.17, 15) is 0 Å². The molecule has 0 aliphatic carbocycles. The smallest absolute Gasteiger partial charge is 0.137 e. The van der Waals surface area contributed by atoms with Crippen LogP contribution in [0.25, 0.3) is 44.4 Å². The van der Waals surface area contributed by atoms with Gasteiger partial charge in [0.2, 0.25) is 0 Å². The lowest BCUT2D eigenvalue weighted by Crippen LogP contribution is -2.00. The largest absolute Gasteiger partial charge is 0.457 e. The average molecular weight is 619 g/mol. The van der Waals surface area contributed by atoms with E-state index in [1.165, 1.54) is 52.3 Å². The maximum Gasteiger partial charge on any atom is 0.137 e. The summed E-state index contributed by atoms with van der Waals surface area (Å²) in [5.74, 6) is 2.92. The molecule has 236 valence electrons. The minimum absolute atomic E-state index is 0.443. The molecule has 5 heteroatoms. The van der Waals surface area contributed by atoms with E-state index >= 15 is 0 Å². The Labute approximate surface area is 277 Å². The summed E-state index contributed by atoms with van der Waals surface area (Å²) in [5, 5.41) is 7.34. The van der Waals surface area contributed by atoms with Crippen LogP contribution in [0.3, 0.4) is 0 Å². The van der Waals surface area contributed by atoms with Gasteiger partial charge in [0.15, 0.2) is 0 Å². The van der Waals surface area contributed by atoms with Crippen molar-refractivity contribution in [2.45, 2.75) is 66.2 Å². The van der Waals surface area contributed by atoms with E-state index in [1.807, 2.05) is 29.1 Å². The topological polar surface area (TPSA) is 44.9 Å². The van der Waals surface area contributed by atoms with Crippen molar-refractivity contribution in [3.63, 3.8) is 0 Å². The van der Waals surface area contributed by atoms with Crippen molar-refractivity contribution in [3.05, 3.63) is 132 Å². The molecule has 0 saturated heterocycles. The lowest BCUT2D eigenvalue weighted by atomic mass is 10.0. The molecule has 0 amide bonds. The second kappa shape index (κ2) is 12.9. The highest BCUT2D eigenvalue weighted by Gasteiger charge is 2.18. The highest BCUT2D eigenvalue weighted by atomic mass is 16.5.